The van der Waals surface area contributed by atoms with Gasteiger partial charge in [0.15, 0.2) is 4.73 Å². The van der Waals surface area contributed by atoms with Gasteiger partial charge in [-0.25, -0.2) is 9.67 Å². The molecule has 60 valence electrons. The van der Waals surface area contributed by atoms with E-state index >= 15 is 0 Å². The predicted molar refractivity (Wildman–Crippen MR) is 44.2 cm³/mol. The number of hydrogen-bond donors (Lipinski definition) is 1. The van der Waals surface area contributed by atoms with Crippen LogP contribution in [-0.4, -0.2) is 27.9 Å². The maximum Gasteiger partial charge on any atom is 0.195 e. The highest BCUT2D eigenvalue weighted by atomic mass is 79.9. The molecule has 11 heavy (non-hydrogen) atoms. The molecule has 2 rings (SSSR count). The Labute approximate surface area is 73.1 Å². The van der Waals surface area contributed by atoms with Crippen LogP contribution in [0.2, 0.25) is 0 Å². The van der Waals surface area contributed by atoms with E-state index in [4.69, 9.17) is 0 Å². The van der Waals surface area contributed by atoms with Crippen LogP contribution in [0.3, 0.4) is 0 Å². The first-order valence-electron chi connectivity index (χ1n) is 3.63. The van der Waals surface area contributed by atoms with Crippen molar-refractivity contribution in [2.75, 3.05) is 13.1 Å². The third-order valence-electron chi connectivity index (χ3n) is 1.91. The largest absolute Gasteiger partial charge is 0.315 e. The Hall–Kier alpha value is -0.420. The third-order valence-corrected chi connectivity index (χ3v) is 2.48. The molecule has 1 aliphatic rings. The lowest BCUT2D eigenvalue weighted by molar-refractivity contribution is 0.479. The van der Waals surface area contributed by atoms with Gasteiger partial charge in [-0.15, -0.1) is 0 Å². The molecule has 1 aromatic rings. The highest BCUT2D eigenvalue weighted by Crippen LogP contribution is 2.17. The molecular formula is C6H9BrN4. The van der Waals surface area contributed by atoms with Gasteiger partial charge in [-0.1, -0.05) is 0 Å². The van der Waals surface area contributed by atoms with Crippen molar-refractivity contribution >= 4 is 15.9 Å². The summed E-state index contributed by atoms with van der Waals surface area (Å²) in [6.45, 7) is 2.08. The highest BCUT2D eigenvalue weighted by molar-refractivity contribution is 9.10. The molecular weight excluding hydrogens is 208 g/mol. The summed E-state index contributed by atoms with van der Waals surface area (Å²) in [6.07, 6.45) is 2.71. The van der Waals surface area contributed by atoms with Crippen LogP contribution in [0.5, 0.6) is 0 Å². The molecule has 0 bridgehead atoms. The quantitative estimate of drug-likeness (QED) is 0.747. The minimum atomic E-state index is 0.479. The average Bonchev–Trinajstić information content (AvgIpc) is 2.55. The van der Waals surface area contributed by atoms with E-state index in [1.54, 1.807) is 6.33 Å². The topological polar surface area (TPSA) is 42.7 Å². The Morgan fingerprint density at radius 1 is 1.73 bits per heavy atom. The molecule has 1 atom stereocenters. The van der Waals surface area contributed by atoms with E-state index in [1.165, 1.54) is 0 Å². The van der Waals surface area contributed by atoms with E-state index in [0.29, 0.717) is 6.04 Å². The van der Waals surface area contributed by atoms with Gasteiger partial charge >= 0.3 is 0 Å². The second-order valence-corrected chi connectivity index (χ2v) is 3.33. The van der Waals surface area contributed by atoms with Crippen molar-refractivity contribution in [3.05, 3.63) is 11.1 Å². The van der Waals surface area contributed by atoms with Gasteiger partial charge in [0.25, 0.3) is 0 Å². The third kappa shape index (κ3) is 1.30. The maximum absolute atomic E-state index is 4.12. The van der Waals surface area contributed by atoms with Crippen LogP contribution in [0.15, 0.2) is 11.1 Å². The zero-order chi connectivity index (χ0) is 7.68. The minimum Gasteiger partial charge on any atom is -0.315 e. The van der Waals surface area contributed by atoms with Gasteiger partial charge < -0.3 is 5.32 Å². The van der Waals surface area contributed by atoms with Crippen LogP contribution in [0.4, 0.5) is 0 Å². The van der Waals surface area contributed by atoms with Crippen molar-refractivity contribution in [3.63, 3.8) is 0 Å². The van der Waals surface area contributed by atoms with E-state index in [2.05, 4.69) is 31.3 Å². The molecule has 0 spiro atoms. The Bertz CT molecular complexity index is 240. The molecule has 4 nitrogen and oxygen atoms in total. The second-order valence-electron chi connectivity index (χ2n) is 2.62. The lowest BCUT2D eigenvalue weighted by atomic mass is 10.3. The van der Waals surface area contributed by atoms with Crippen molar-refractivity contribution in [2.24, 2.45) is 0 Å². The molecule has 0 aromatic carbocycles. The van der Waals surface area contributed by atoms with Crippen molar-refractivity contribution in [1.82, 2.24) is 20.1 Å². The number of nitrogens with zero attached hydrogens (tertiary/aromatic N) is 3. The normalized spacial score (nSPS) is 24.3. The average molecular weight is 217 g/mol. The smallest absolute Gasteiger partial charge is 0.195 e. The summed E-state index contributed by atoms with van der Waals surface area (Å²) in [5, 5.41) is 7.39. The zero-order valence-electron chi connectivity index (χ0n) is 6.00. The SMILES string of the molecule is Brc1ncnn1C1CCNC1. The fourth-order valence-corrected chi connectivity index (χ4v) is 1.80. The first kappa shape index (κ1) is 7.24. The van der Waals surface area contributed by atoms with E-state index in [0.717, 1.165) is 24.2 Å². The number of aromatic nitrogens is 3. The predicted octanol–water partition coefficient (Wildman–Crippen LogP) is 0.575. The summed E-state index contributed by atoms with van der Waals surface area (Å²) < 4.78 is 2.74. The second kappa shape index (κ2) is 2.91. The first-order chi connectivity index (χ1) is 5.38. The molecule has 0 aliphatic carbocycles. The van der Waals surface area contributed by atoms with E-state index in [-0.39, 0.29) is 0 Å². The van der Waals surface area contributed by atoms with Gasteiger partial charge in [0.2, 0.25) is 0 Å². The van der Waals surface area contributed by atoms with Crippen LogP contribution in [-0.2, 0) is 0 Å². The van der Waals surface area contributed by atoms with Crippen LogP contribution < -0.4 is 5.32 Å². The van der Waals surface area contributed by atoms with Crippen molar-refractivity contribution < 1.29 is 0 Å². The molecule has 5 heteroatoms. The van der Waals surface area contributed by atoms with Crippen molar-refractivity contribution in [1.29, 1.82) is 0 Å². The number of hydrogen-bond acceptors (Lipinski definition) is 3. The number of halogens is 1. The Morgan fingerprint density at radius 2 is 2.64 bits per heavy atom. The van der Waals surface area contributed by atoms with Gasteiger partial charge in [0.05, 0.1) is 6.04 Å². The number of nitrogens with one attached hydrogen (secondary N) is 1. The van der Waals surface area contributed by atoms with Crippen LogP contribution in [0, 0.1) is 0 Å². The lowest BCUT2D eigenvalue weighted by Crippen LogP contribution is -2.14. The summed E-state index contributed by atoms with van der Waals surface area (Å²) in [6, 6.07) is 0.479. The summed E-state index contributed by atoms with van der Waals surface area (Å²) in [4.78, 5) is 4.00. The lowest BCUT2D eigenvalue weighted by Gasteiger charge is -2.08. The molecule has 1 aromatic heterocycles. The molecule has 1 unspecified atom stereocenters. The van der Waals surface area contributed by atoms with Crippen LogP contribution in [0.1, 0.15) is 12.5 Å². The molecule has 2 heterocycles. The zero-order valence-corrected chi connectivity index (χ0v) is 7.58. The van der Waals surface area contributed by atoms with Gasteiger partial charge in [0, 0.05) is 6.54 Å². The van der Waals surface area contributed by atoms with Gasteiger partial charge in [-0.05, 0) is 28.9 Å². The fourth-order valence-electron chi connectivity index (χ4n) is 1.33. The van der Waals surface area contributed by atoms with E-state index < -0.39 is 0 Å². The molecule has 0 radical (unpaired) electrons. The Balaban J connectivity index is 2.21. The van der Waals surface area contributed by atoms with E-state index in [1.807, 2.05) is 4.68 Å². The molecule has 0 amide bonds. The number of rotatable bonds is 1. The van der Waals surface area contributed by atoms with Gasteiger partial charge in [0.1, 0.15) is 6.33 Å². The van der Waals surface area contributed by atoms with Crippen molar-refractivity contribution in [2.45, 2.75) is 12.5 Å². The summed E-state index contributed by atoms with van der Waals surface area (Å²) in [5.74, 6) is 0. The minimum absolute atomic E-state index is 0.479. The highest BCUT2D eigenvalue weighted by Gasteiger charge is 2.18. The maximum atomic E-state index is 4.12. The van der Waals surface area contributed by atoms with Crippen LogP contribution in [0.25, 0.3) is 0 Å². The summed E-state index contributed by atoms with van der Waals surface area (Å²) in [5.41, 5.74) is 0. The first-order valence-corrected chi connectivity index (χ1v) is 4.43. The molecule has 0 saturated carbocycles. The molecule has 1 aliphatic heterocycles. The fraction of sp³-hybridized carbons (Fsp3) is 0.667. The summed E-state index contributed by atoms with van der Waals surface area (Å²) >= 11 is 3.34. The van der Waals surface area contributed by atoms with Crippen LogP contribution >= 0.6 is 15.9 Å². The van der Waals surface area contributed by atoms with Gasteiger partial charge in [-0.2, -0.15) is 5.10 Å². The standard InChI is InChI=1S/C6H9BrN4/c7-6-9-4-10-11(6)5-1-2-8-3-5/h4-5,8H,1-3H2. The Kier molecular flexibility index (Phi) is 1.91. The van der Waals surface area contributed by atoms with Crippen molar-refractivity contribution in [3.8, 4) is 0 Å². The van der Waals surface area contributed by atoms with Gasteiger partial charge in [-0.3, -0.25) is 0 Å². The molecule has 1 saturated heterocycles. The summed E-state index contributed by atoms with van der Waals surface area (Å²) in [7, 11) is 0. The molecule has 1 N–H and O–H groups in total. The van der Waals surface area contributed by atoms with E-state index in [9.17, 15) is 0 Å². The monoisotopic (exact) mass is 216 g/mol. The molecule has 1 fully saturated rings. The Morgan fingerprint density at radius 3 is 3.18 bits per heavy atom.